The van der Waals surface area contributed by atoms with Crippen molar-refractivity contribution >= 4 is 29.0 Å². The second-order valence-corrected chi connectivity index (χ2v) is 7.38. The van der Waals surface area contributed by atoms with Gasteiger partial charge in [-0.25, -0.2) is 4.79 Å². The highest BCUT2D eigenvalue weighted by molar-refractivity contribution is 6.42. The Kier molecular flexibility index (Phi) is 5.74. The van der Waals surface area contributed by atoms with Crippen molar-refractivity contribution in [3.05, 3.63) is 69.1 Å². The van der Waals surface area contributed by atoms with Crippen molar-refractivity contribution in [2.45, 2.75) is 20.3 Å². The molecule has 0 fully saturated rings. The Morgan fingerprint density at radius 3 is 2.46 bits per heavy atom. The molecule has 0 saturated carbocycles. The third kappa shape index (κ3) is 3.97. The van der Waals surface area contributed by atoms with Crippen molar-refractivity contribution in [2.24, 2.45) is 5.92 Å². The Bertz CT molecular complexity index is 945. The van der Waals surface area contributed by atoms with E-state index in [9.17, 15) is 4.79 Å². The summed E-state index contributed by atoms with van der Waals surface area (Å²) < 4.78 is 1.62. The van der Waals surface area contributed by atoms with Crippen LogP contribution in [0.25, 0.3) is 16.9 Å². The van der Waals surface area contributed by atoms with Crippen LogP contribution in [0.3, 0.4) is 0 Å². The molecule has 3 rings (SSSR count). The van der Waals surface area contributed by atoms with Crippen LogP contribution in [0.5, 0.6) is 0 Å². The molecule has 6 heteroatoms. The molecular formula is C20H21Cl2N3O. The highest BCUT2D eigenvalue weighted by Crippen LogP contribution is 2.30. The van der Waals surface area contributed by atoms with Crippen molar-refractivity contribution in [3.63, 3.8) is 0 Å². The maximum absolute atomic E-state index is 12.7. The number of aromatic amines is 1. The fraction of sp³-hybridized carbons (Fsp3) is 0.250. The summed E-state index contributed by atoms with van der Waals surface area (Å²) >= 11 is 12.2. The van der Waals surface area contributed by atoms with Crippen LogP contribution in [0.2, 0.25) is 10.0 Å². The minimum absolute atomic E-state index is 0.228. The zero-order valence-corrected chi connectivity index (χ0v) is 16.2. The molecule has 0 atom stereocenters. The van der Waals surface area contributed by atoms with Crippen molar-refractivity contribution in [2.75, 3.05) is 11.9 Å². The summed E-state index contributed by atoms with van der Waals surface area (Å²) in [6.07, 6.45) is 1.01. The topological polar surface area (TPSA) is 49.8 Å². The van der Waals surface area contributed by atoms with Gasteiger partial charge in [-0.15, -0.1) is 0 Å². The number of nitrogens with one attached hydrogen (secondary N) is 2. The van der Waals surface area contributed by atoms with Gasteiger partial charge in [0.1, 0.15) is 5.82 Å². The Hall–Kier alpha value is -2.17. The lowest BCUT2D eigenvalue weighted by atomic mass is 10.1. The number of halogens is 2. The van der Waals surface area contributed by atoms with Crippen LogP contribution in [0.1, 0.15) is 20.3 Å². The molecule has 0 aliphatic heterocycles. The van der Waals surface area contributed by atoms with Crippen LogP contribution in [0.15, 0.2) is 53.3 Å². The van der Waals surface area contributed by atoms with Crippen molar-refractivity contribution < 1.29 is 0 Å². The van der Waals surface area contributed by atoms with Crippen molar-refractivity contribution in [1.29, 1.82) is 0 Å². The number of anilines is 1. The van der Waals surface area contributed by atoms with E-state index in [0.29, 0.717) is 27.5 Å². The van der Waals surface area contributed by atoms with Gasteiger partial charge in [0.15, 0.2) is 0 Å². The Morgan fingerprint density at radius 1 is 1.08 bits per heavy atom. The van der Waals surface area contributed by atoms with Gasteiger partial charge < -0.3 is 5.32 Å². The fourth-order valence-electron chi connectivity index (χ4n) is 2.79. The van der Waals surface area contributed by atoms with Gasteiger partial charge in [0.2, 0.25) is 0 Å². The van der Waals surface area contributed by atoms with Gasteiger partial charge in [0.05, 0.1) is 21.4 Å². The molecule has 0 radical (unpaired) electrons. The van der Waals surface area contributed by atoms with Gasteiger partial charge in [-0.1, -0.05) is 67.4 Å². The molecule has 1 heterocycles. The number of hydrogen-bond donors (Lipinski definition) is 2. The maximum Gasteiger partial charge on any atom is 0.332 e. The van der Waals surface area contributed by atoms with Crippen LogP contribution in [0.4, 0.5) is 5.82 Å². The first-order valence-corrected chi connectivity index (χ1v) is 9.32. The molecule has 0 unspecified atom stereocenters. The third-order valence-electron chi connectivity index (χ3n) is 4.13. The lowest BCUT2D eigenvalue weighted by molar-refractivity contribution is 0.607. The van der Waals surface area contributed by atoms with E-state index in [0.717, 1.165) is 24.2 Å². The summed E-state index contributed by atoms with van der Waals surface area (Å²) in [4.78, 5) is 15.7. The number of rotatable bonds is 6. The summed E-state index contributed by atoms with van der Waals surface area (Å²) in [5.41, 5.74) is 2.15. The first-order valence-electron chi connectivity index (χ1n) is 8.57. The van der Waals surface area contributed by atoms with Crippen LogP contribution in [0, 0.1) is 5.92 Å². The molecule has 136 valence electrons. The molecule has 4 nitrogen and oxygen atoms in total. The van der Waals surface area contributed by atoms with Gasteiger partial charge in [-0.3, -0.25) is 9.55 Å². The lowest BCUT2D eigenvalue weighted by Crippen LogP contribution is -2.15. The zero-order chi connectivity index (χ0) is 18.7. The van der Waals surface area contributed by atoms with Crippen molar-refractivity contribution in [3.8, 4) is 16.9 Å². The summed E-state index contributed by atoms with van der Waals surface area (Å²) in [6.45, 7) is 5.12. The van der Waals surface area contributed by atoms with Crippen LogP contribution in [-0.2, 0) is 0 Å². The van der Waals surface area contributed by atoms with E-state index in [1.165, 1.54) is 0 Å². The minimum atomic E-state index is -0.228. The number of hydrogen-bond acceptors (Lipinski definition) is 2. The summed E-state index contributed by atoms with van der Waals surface area (Å²) in [5, 5.41) is 4.23. The average molecular weight is 390 g/mol. The zero-order valence-electron chi connectivity index (χ0n) is 14.7. The second kappa shape index (κ2) is 8.02. The minimum Gasteiger partial charge on any atom is -0.370 e. The predicted octanol–water partition coefficient (Wildman–Crippen LogP) is 5.60. The summed E-state index contributed by atoms with van der Waals surface area (Å²) in [6, 6.07) is 15.0. The summed E-state index contributed by atoms with van der Waals surface area (Å²) in [5.74, 6) is 1.28. The van der Waals surface area contributed by atoms with E-state index in [1.54, 1.807) is 22.8 Å². The molecule has 0 spiro atoms. The molecule has 0 aliphatic rings. The largest absolute Gasteiger partial charge is 0.370 e. The number of imidazole rings is 1. The molecule has 0 saturated heterocycles. The third-order valence-corrected chi connectivity index (χ3v) is 4.87. The van der Waals surface area contributed by atoms with Crippen LogP contribution in [-0.4, -0.2) is 16.1 Å². The Morgan fingerprint density at radius 2 is 1.81 bits per heavy atom. The lowest BCUT2D eigenvalue weighted by Gasteiger charge is -2.12. The van der Waals surface area contributed by atoms with E-state index in [1.807, 2.05) is 30.3 Å². The molecule has 0 aliphatic carbocycles. The second-order valence-electron chi connectivity index (χ2n) is 6.56. The molecular weight excluding hydrogens is 369 g/mol. The standard InChI is InChI=1S/C20H21Cl2N3O/c1-13(2)10-11-23-19-18(14-6-4-3-5-7-14)25(20(26)24-19)15-8-9-16(21)17(22)12-15/h3-9,12-13,23H,10-11H2,1-2H3,(H,24,26). The first kappa shape index (κ1) is 18.6. The first-order chi connectivity index (χ1) is 12.5. The fourth-order valence-corrected chi connectivity index (χ4v) is 3.08. The van der Waals surface area contributed by atoms with Crippen LogP contribution < -0.4 is 11.0 Å². The molecule has 0 amide bonds. The predicted molar refractivity (Wildman–Crippen MR) is 110 cm³/mol. The monoisotopic (exact) mass is 389 g/mol. The van der Waals surface area contributed by atoms with E-state index in [4.69, 9.17) is 23.2 Å². The molecule has 2 N–H and O–H groups in total. The van der Waals surface area contributed by atoms with E-state index < -0.39 is 0 Å². The number of benzene rings is 2. The highest BCUT2D eigenvalue weighted by Gasteiger charge is 2.18. The maximum atomic E-state index is 12.7. The van der Waals surface area contributed by atoms with Gasteiger partial charge in [0, 0.05) is 12.1 Å². The number of H-pyrrole nitrogens is 1. The highest BCUT2D eigenvalue weighted by atomic mass is 35.5. The SMILES string of the molecule is CC(C)CCNc1[nH]c(=O)n(-c2ccc(Cl)c(Cl)c2)c1-c1ccccc1. The molecule has 3 aromatic rings. The number of aromatic nitrogens is 2. The molecule has 2 aromatic carbocycles. The molecule has 1 aromatic heterocycles. The Labute approximate surface area is 162 Å². The van der Waals surface area contributed by atoms with Gasteiger partial charge in [-0.05, 0) is 30.5 Å². The molecule has 0 bridgehead atoms. The summed E-state index contributed by atoms with van der Waals surface area (Å²) in [7, 11) is 0. The van der Waals surface area contributed by atoms with E-state index in [2.05, 4.69) is 24.1 Å². The smallest absolute Gasteiger partial charge is 0.332 e. The van der Waals surface area contributed by atoms with E-state index >= 15 is 0 Å². The number of nitrogens with zero attached hydrogens (tertiary/aromatic N) is 1. The van der Waals surface area contributed by atoms with Crippen LogP contribution >= 0.6 is 23.2 Å². The molecule has 26 heavy (non-hydrogen) atoms. The quantitative estimate of drug-likeness (QED) is 0.576. The van der Waals surface area contributed by atoms with E-state index in [-0.39, 0.29) is 5.69 Å². The van der Waals surface area contributed by atoms with Crippen molar-refractivity contribution in [1.82, 2.24) is 9.55 Å². The van der Waals surface area contributed by atoms with Gasteiger partial charge in [-0.2, -0.15) is 0 Å². The normalized spacial score (nSPS) is 11.1. The average Bonchev–Trinajstić information content (AvgIpc) is 2.94. The Balaban J connectivity index is 2.12. The van der Waals surface area contributed by atoms with Gasteiger partial charge >= 0.3 is 5.69 Å². The van der Waals surface area contributed by atoms with Gasteiger partial charge in [0.25, 0.3) is 0 Å².